The van der Waals surface area contributed by atoms with Crippen LogP contribution in [-0.4, -0.2) is 5.88 Å². The van der Waals surface area contributed by atoms with Crippen LogP contribution in [0.2, 0.25) is 0 Å². The lowest BCUT2D eigenvalue weighted by atomic mass is 10.2. The Hall–Kier alpha value is 0.320. The SMILES string of the molecule is C=C(Cl)CCCCCCl. The Bertz CT molecular complexity index is 79.0. The predicted octanol–water partition coefficient (Wildman–Crippen LogP) is 3.54. The smallest absolute Gasteiger partial charge is 0.0223 e. The van der Waals surface area contributed by atoms with Gasteiger partial charge in [-0.15, -0.1) is 11.6 Å². The van der Waals surface area contributed by atoms with Gasteiger partial charge in [0.25, 0.3) is 0 Å². The molecule has 0 bridgehead atoms. The predicted molar refractivity (Wildman–Crippen MR) is 44.2 cm³/mol. The van der Waals surface area contributed by atoms with Gasteiger partial charge in [-0.3, -0.25) is 0 Å². The van der Waals surface area contributed by atoms with Crippen LogP contribution in [0.1, 0.15) is 25.7 Å². The second-order valence-corrected chi connectivity index (χ2v) is 2.93. The van der Waals surface area contributed by atoms with Gasteiger partial charge in [-0.1, -0.05) is 24.6 Å². The number of allylic oxidation sites excluding steroid dienone is 1. The lowest BCUT2D eigenvalue weighted by Crippen LogP contribution is -1.77. The van der Waals surface area contributed by atoms with Gasteiger partial charge in [0.05, 0.1) is 0 Å². The Labute approximate surface area is 66.8 Å². The largest absolute Gasteiger partial charge is 0.127 e. The highest BCUT2D eigenvalue weighted by Gasteiger charge is 1.88. The standard InChI is InChI=1S/C7H12Cl2/c1-7(9)5-3-2-4-6-8/h1-6H2. The van der Waals surface area contributed by atoms with E-state index in [0.717, 1.165) is 36.6 Å². The van der Waals surface area contributed by atoms with Crippen molar-refractivity contribution in [3.8, 4) is 0 Å². The van der Waals surface area contributed by atoms with E-state index in [1.165, 1.54) is 0 Å². The molecule has 0 aliphatic heterocycles. The molecule has 0 N–H and O–H groups in total. The molecule has 0 fully saturated rings. The first kappa shape index (κ1) is 9.32. The summed E-state index contributed by atoms with van der Waals surface area (Å²) in [6.07, 6.45) is 4.30. The van der Waals surface area contributed by atoms with Crippen LogP contribution < -0.4 is 0 Å². The normalized spacial score (nSPS) is 9.56. The fourth-order valence-corrected chi connectivity index (χ4v) is 0.911. The highest BCUT2D eigenvalue weighted by atomic mass is 35.5. The Morgan fingerprint density at radius 2 is 1.89 bits per heavy atom. The molecule has 0 atom stereocenters. The first-order valence-electron chi connectivity index (χ1n) is 3.16. The maximum atomic E-state index is 5.53. The quantitative estimate of drug-likeness (QED) is 0.434. The zero-order chi connectivity index (χ0) is 7.11. The lowest BCUT2D eigenvalue weighted by molar-refractivity contribution is 0.729. The van der Waals surface area contributed by atoms with Crippen LogP contribution in [0, 0.1) is 0 Å². The van der Waals surface area contributed by atoms with Crippen molar-refractivity contribution in [2.45, 2.75) is 25.7 Å². The number of unbranched alkanes of at least 4 members (excludes halogenated alkanes) is 2. The highest BCUT2D eigenvalue weighted by Crippen LogP contribution is 2.10. The second-order valence-electron chi connectivity index (χ2n) is 2.02. The van der Waals surface area contributed by atoms with Gasteiger partial charge in [0.15, 0.2) is 0 Å². The van der Waals surface area contributed by atoms with Crippen molar-refractivity contribution in [3.05, 3.63) is 11.6 Å². The molecule has 0 nitrogen and oxygen atoms in total. The molecule has 0 amide bonds. The molecule has 9 heavy (non-hydrogen) atoms. The van der Waals surface area contributed by atoms with Crippen LogP contribution in [0.4, 0.5) is 0 Å². The van der Waals surface area contributed by atoms with Crippen molar-refractivity contribution in [2.75, 3.05) is 5.88 Å². The minimum absolute atomic E-state index is 0.754. The molecule has 0 aliphatic carbocycles. The van der Waals surface area contributed by atoms with Gasteiger partial charge < -0.3 is 0 Å². The van der Waals surface area contributed by atoms with Crippen LogP contribution in [-0.2, 0) is 0 Å². The fraction of sp³-hybridized carbons (Fsp3) is 0.714. The molecule has 0 heterocycles. The van der Waals surface area contributed by atoms with Crippen LogP contribution in [0.3, 0.4) is 0 Å². The third kappa shape index (κ3) is 8.32. The summed E-state index contributed by atoms with van der Waals surface area (Å²) in [6.45, 7) is 3.59. The minimum Gasteiger partial charge on any atom is -0.127 e. The van der Waals surface area contributed by atoms with E-state index >= 15 is 0 Å². The Morgan fingerprint density at radius 1 is 1.22 bits per heavy atom. The van der Waals surface area contributed by atoms with E-state index < -0.39 is 0 Å². The van der Waals surface area contributed by atoms with E-state index in [1.54, 1.807) is 0 Å². The van der Waals surface area contributed by atoms with Crippen molar-refractivity contribution in [2.24, 2.45) is 0 Å². The van der Waals surface area contributed by atoms with Crippen molar-refractivity contribution in [3.63, 3.8) is 0 Å². The molecular weight excluding hydrogens is 155 g/mol. The summed E-state index contributed by atoms with van der Waals surface area (Å²) in [4.78, 5) is 0. The Morgan fingerprint density at radius 3 is 2.33 bits per heavy atom. The molecule has 0 aromatic carbocycles. The van der Waals surface area contributed by atoms with E-state index in [-0.39, 0.29) is 0 Å². The first-order valence-corrected chi connectivity index (χ1v) is 4.08. The summed E-state index contributed by atoms with van der Waals surface area (Å²) >= 11 is 11.0. The van der Waals surface area contributed by atoms with Crippen molar-refractivity contribution in [1.29, 1.82) is 0 Å². The topological polar surface area (TPSA) is 0 Å². The first-order chi connectivity index (χ1) is 4.27. The summed E-state index contributed by atoms with van der Waals surface area (Å²) in [7, 11) is 0. The molecule has 0 aliphatic rings. The molecule has 0 unspecified atom stereocenters. The number of alkyl halides is 1. The zero-order valence-electron chi connectivity index (χ0n) is 5.50. The zero-order valence-corrected chi connectivity index (χ0v) is 7.01. The van der Waals surface area contributed by atoms with E-state index in [1.807, 2.05) is 0 Å². The van der Waals surface area contributed by atoms with Gasteiger partial charge in [-0.05, 0) is 19.3 Å². The fourth-order valence-electron chi connectivity index (χ4n) is 0.588. The molecule has 54 valence electrons. The van der Waals surface area contributed by atoms with E-state index in [4.69, 9.17) is 23.2 Å². The molecular formula is C7H12Cl2. The molecule has 0 aromatic rings. The van der Waals surface area contributed by atoms with Crippen LogP contribution in [0.5, 0.6) is 0 Å². The second kappa shape index (κ2) is 6.44. The minimum atomic E-state index is 0.754. The highest BCUT2D eigenvalue weighted by molar-refractivity contribution is 6.29. The van der Waals surface area contributed by atoms with Crippen molar-refractivity contribution < 1.29 is 0 Å². The third-order valence-electron chi connectivity index (χ3n) is 1.08. The summed E-state index contributed by atoms with van der Waals surface area (Å²) in [5.41, 5.74) is 0. The van der Waals surface area contributed by atoms with Gasteiger partial charge in [0.2, 0.25) is 0 Å². The van der Waals surface area contributed by atoms with E-state index in [9.17, 15) is 0 Å². The number of halogens is 2. The summed E-state index contributed by atoms with van der Waals surface area (Å²) < 4.78 is 0. The average Bonchev–Trinajstić information content (AvgIpc) is 1.80. The Balaban J connectivity index is 2.83. The Kier molecular flexibility index (Phi) is 6.67. The van der Waals surface area contributed by atoms with Crippen molar-refractivity contribution >= 4 is 23.2 Å². The summed E-state index contributed by atoms with van der Waals surface area (Å²) in [5, 5.41) is 0.754. The number of hydrogen-bond donors (Lipinski definition) is 0. The molecule has 0 rings (SSSR count). The number of rotatable bonds is 5. The van der Waals surface area contributed by atoms with Gasteiger partial charge in [0, 0.05) is 10.9 Å². The van der Waals surface area contributed by atoms with Crippen LogP contribution in [0.15, 0.2) is 11.6 Å². The monoisotopic (exact) mass is 166 g/mol. The molecule has 0 radical (unpaired) electrons. The van der Waals surface area contributed by atoms with Gasteiger partial charge in [-0.2, -0.15) is 0 Å². The molecule has 0 saturated heterocycles. The summed E-state index contributed by atoms with van der Waals surface area (Å²) in [5.74, 6) is 0.759. The lowest BCUT2D eigenvalue weighted by Gasteiger charge is -1.94. The van der Waals surface area contributed by atoms with Gasteiger partial charge in [0.1, 0.15) is 0 Å². The van der Waals surface area contributed by atoms with Crippen LogP contribution >= 0.6 is 23.2 Å². The maximum absolute atomic E-state index is 5.53. The third-order valence-corrected chi connectivity index (χ3v) is 1.54. The van der Waals surface area contributed by atoms with E-state index in [0.29, 0.717) is 0 Å². The maximum Gasteiger partial charge on any atom is 0.0223 e. The van der Waals surface area contributed by atoms with E-state index in [2.05, 4.69) is 6.58 Å². The van der Waals surface area contributed by atoms with Crippen molar-refractivity contribution in [1.82, 2.24) is 0 Å². The summed E-state index contributed by atoms with van der Waals surface area (Å²) in [6, 6.07) is 0. The van der Waals surface area contributed by atoms with Gasteiger partial charge in [-0.25, -0.2) is 0 Å². The molecule has 0 saturated carbocycles. The average molecular weight is 167 g/mol. The molecule has 0 aromatic heterocycles. The van der Waals surface area contributed by atoms with Gasteiger partial charge >= 0.3 is 0 Å². The number of hydrogen-bond acceptors (Lipinski definition) is 0. The van der Waals surface area contributed by atoms with Crippen LogP contribution in [0.25, 0.3) is 0 Å². The molecule has 0 spiro atoms. The molecule has 2 heteroatoms.